The number of hydrogen-bond donors (Lipinski definition) is 1. The Balaban J connectivity index is 1.82. The maximum atomic E-state index is 11.9. The largest absolute Gasteiger partial charge is 0.335 e. The van der Waals surface area contributed by atoms with Crippen LogP contribution >= 0.6 is 0 Å². The molecule has 3 nitrogen and oxygen atoms in total. The highest BCUT2D eigenvalue weighted by atomic mass is 16.2. The lowest BCUT2D eigenvalue weighted by Gasteiger charge is -2.21. The van der Waals surface area contributed by atoms with Gasteiger partial charge in [0.25, 0.3) is 0 Å². The predicted octanol–water partition coefficient (Wildman–Crippen LogP) is 2.77. The average molecular weight is 232 g/mol. The van der Waals surface area contributed by atoms with E-state index in [2.05, 4.69) is 5.32 Å². The zero-order valence-electron chi connectivity index (χ0n) is 10.4. The maximum absolute atomic E-state index is 11.9. The summed E-state index contributed by atoms with van der Waals surface area (Å²) in [7, 11) is 1.84. The lowest BCUT2D eigenvalue weighted by Crippen LogP contribution is -2.41. The first-order valence-electron chi connectivity index (χ1n) is 6.31. The molecule has 1 aliphatic rings. The van der Waals surface area contributed by atoms with E-state index in [-0.39, 0.29) is 6.03 Å². The summed E-state index contributed by atoms with van der Waals surface area (Å²) in [6, 6.07) is 10.5. The zero-order chi connectivity index (χ0) is 12.1. The number of benzene rings is 1. The van der Waals surface area contributed by atoms with Gasteiger partial charge in [0.15, 0.2) is 0 Å². The minimum absolute atomic E-state index is 0.0424. The molecule has 0 aliphatic heterocycles. The summed E-state index contributed by atoms with van der Waals surface area (Å²) >= 11 is 0. The first kappa shape index (κ1) is 12.0. The van der Waals surface area contributed by atoms with E-state index in [1.807, 2.05) is 37.4 Å². The number of nitrogens with zero attached hydrogens (tertiary/aromatic N) is 1. The third-order valence-corrected chi connectivity index (χ3v) is 3.29. The predicted molar refractivity (Wildman–Crippen MR) is 68.7 cm³/mol. The highest BCUT2D eigenvalue weighted by Crippen LogP contribution is 2.17. The van der Waals surface area contributed by atoms with Crippen LogP contribution in [0.1, 0.15) is 31.2 Å². The highest BCUT2D eigenvalue weighted by Gasteiger charge is 2.18. The van der Waals surface area contributed by atoms with Gasteiger partial charge in [-0.15, -0.1) is 0 Å². The Morgan fingerprint density at radius 1 is 1.29 bits per heavy atom. The second kappa shape index (κ2) is 5.71. The molecule has 0 radical (unpaired) electrons. The lowest BCUT2D eigenvalue weighted by atomic mass is 10.2. The maximum Gasteiger partial charge on any atom is 0.317 e. The molecule has 1 aromatic rings. The number of urea groups is 1. The van der Waals surface area contributed by atoms with Gasteiger partial charge >= 0.3 is 6.03 Å². The summed E-state index contributed by atoms with van der Waals surface area (Å²) in [5.74, 6) is 0. The van der Waals surface area contributed by atoms with Gasteiger partial charge in [-0.1, -0.05) is 43.2 Å². The van der Waals surface area contributed by atoms with Crippen LogP contribution in [0.4, 0.5) is 4.79 Å². The lowest BCUT2D eigenvalue weighted by molar-refractivity contribution is 0.203. The topological polar surface area (TPSA) is 32.3 Å². The molecule has 92 valence electrons. The number of hydrogen-bond acceptors (Lipinski definition) is 1. The fraction of sp³-hybridized carbons (Fsp3) is 0.500. The summed E-state index contributed by atoms with van der Waals surface area (Å²) in [5.41, 5.74) is 1.16. The minimum atomic E-state index is 0.0424. The Morgan fingerprint density at radius 3 is 2.59 bits per heavy atom. The van der Waals surface area contributed by atoms with Crippen molar-refractivity contribution in [2.75, 3.05) is 7.05 Å². The van der Waals surface area contributed by atoms with Gasteiger partial charge in [-0.25, -0.2) is 4.79 Å². The van der Waals surface area contributed by atoms with Crippen LogP contribution in [0.5, 0.6) is 0 Å². The molecule has 1 N–H and O–H groups in total. The van der Waals surface area contributed by atoms with Crippen molar-refractivity contribution in [2.24, 2.45) is 0 Å². The quantitative estimate of drug-likeness (QED) is 0.854. The van der Waals surface area contributed by atoms with E-state index in [1.165, 1.54) is 12.8 Å². The Morgan fingerprint density at radius 2 is 1.94 bits per heavy atom. The summed E-state index contributed by atoms with van der Waals surface area (Å²) < 4.78 is 0. The standard InChI is InChI=1S/C14H20N2O/c1-16(11-12-7-3-2-4-8-12)14(17)15-13-9-5-6-10-13/h2-4,7-8,13H,5-6,9-11H2,1H3,(H,15,17). The Kier molecular flexibility index (Phi) is 4.02. The van der Waals surface area contributed by atoms with Gasteiger partial charge < -0.3 is 10.2 Å². The van der Waals surface area contributed by atoms with Crippen molar-refractivity contribution < 1.29 is 4.79 Å². The zero-order valence-corrected chi connectivity index (χ0v) is 10.4. The Labute approximate surface area is 103 Å². The van der Waals surface area contributed by atoms with Gasteiger partial charge in [0, 0.05) is 19.6 Å². The molecule has 1 fully saturated rings. The monoisotopic (exact) mass is 232 g/mol. The summed E-state index contributed by atoms with van der Waals surface area (Å²) in [6.07, 6.45) is 4.75. The molecule has 0 heterocycles. The molecule has 3 heteroatoms. The highest BCUT2D eigenvalue weighted by molar-refractivity contribution is 5.74. The van der Waals surface area contributed by atoms with E-state index in [0.29, 0.717) is 12.6 Å². The van der Waals surface area contributed by atoms with Gasteiger partial charge in [0.05, 0.1) is 0 Å². The van der Waals surface area contributed by atoms with E-state index in [4.69, 9.17) is 0 Å². The normalized spacial score (nSPS) is 15.8. The number of carbonyl (C=O) groups excluding carboxylic acids is 1. The molecular weight excluding hydrogens is 212 g/mol. The SMILES string of the molecule is CN(Cc1ccccc1)C(=O)NC1CCCC1. The van der Waals surface area contributed by atoms with Crippen molar-refractivity contribution in [1.82, 2.24) is 10.2 Å². The first-order valence-corrected chi connectivity index (χ1v) is 6.31. The first-order chi connectivity index (χ1) is 8.25. The fourth-order valence-corrected chi connectivity index (χ4v) is 2.28. The van der Waals surface area contributed by atoms with Gasteiger partial charge in [-0.3, -0.25) is 0 Å². The van der Waals surface area contributed by atoms with Gasteiger partial charge in [-0.05, 0) is 18.4 Å². The van der Waals surface area contributed by atoms with Crippen LogP contribution in [0.3, 0.4) is 0 Å². The van der Waals surface area contributed by atoms with E-state index in [1.54, 1.807) is 4.90 Å². The van der Waals surface area contributed by atoms with Crippen molar-refractivity contribution >= 4 is 6.03 Å². The number of amides is 2. The molecule has 2 amide bonds. The minimum Gasteiger partial charge on any atom is -0.335 e. The molecule has 0 aromatic heterocycles. The average Bonchev–Trinajstić information content (AvgIpc) is 2.83. The molecule has 2 rings (SSSR count). The van der Waals surface area contributed by atoms with Crippen molar-refractivity contribution in [3.05, 3.63) is 35.9 Å². The molecule has 1 aromatic carbocycles. The van der Waals surface area contributed by atoms with Crippen molar-refractivity contribution in [2.45, 2.75) is 38.3 Å². The molecule has 17 heavy (non-hydrogen) atoms. The van der Waals surface area contributed by atoms with E-state index in [9.17, 15) is 4.79 Å². The Hall–Kier alpha value is -1.51. The van der Waals surface area contributed by atoms with Crippen LogP contribution in [0.15, 0.2) is 30.3 Å². The molecule has 0 atom stereocenters. The van der Waals surface area contributed by atoms with Crippen molar-refractivity contribution in [3.63, 3.8) is 0 Å². The van der Waals surface area contributed by atoms with E-state index < -0.39 is 0 Å². The molecule has 0 bridgehead atoms. The van der Waals surface area contributed by atoms with E-state index >= 15 is 0 Å². The van der Waals surface area contributed by atoms with Crippen LogP contribution in [0.2, 0.25) is 0 Å². The fourth-order valence-electron chi connectivity index (χ4n) is 2.28. The second-order valence-corrected chi connectivity index (χ2v) is 4.77. The van der Waals surface area contributed by atoms with Crippen molar-refractivity contribution in [3.8, 4) is 0 Å². The van der Waals surface area contributed by atoms with Crippen molar-refractivity contribution in [1.29, 1.82) is 0 Å². The second-order valence-electron chi connectivity index (χ2n) is 4.77. The molecule has 0 saturated heterocycles. The Bertz CT molecular complexity index is 358. The van der Waals surface area contributed by atoms with E-state index in [0.717, 1.165) is 18.4 Å². The molecule has 1 aliphatic carbocycles. The van der Waals surface area contributed by atoms with Crippen LogP contribution in [0.25, 0.3) is 0 Å². The van der Waals surface area contributed by atoms with Gasteiger partial charge in [0.2, 0.25) is 0 Å². The number of nitrogens with one attached hydrogen (secondary N) is 1. The number of rotatable bonds is 3. The summed E-state index contributed by atoms with van der Waals surface area (Å²) in [6.45, 7) is 0.666. The molecular formula is C14H20N2O. The third kappa shape index (κ3) is 3.48. The van der Waals surface area contributed by atoms with Crippen LogP contribution in [-0.2, 0) is 6.54 Å². The third-order valence-electron chi connectivity index (χ3n) is 3.29. The summed E-state index contributed by atoms with van der Waals surface area (Å²) in [4.78, 5) is 13.7. The van der Waals surface area contributed by atoms with Gasteiger partial charge in [0.1, 0.15) is 0 Å². The molecule has 1 saturated carbocycles. The van der Waals surface area contributed by atoms with Gasteiger partial charge in [-0.2, -0.15) is 0 Å². The molecule has 0 spiro atoms. The van der Waals surface area contributed by atoms with Crippen LogP contribution in [0, 0.1) is 0 Å². The summed E-state index contributed by atoms with van der Waals surface area (Å²) in [5, 5.41) is 3.09. The smallest absolute Gasteiger partial charge is 0.317 e. The van der Waals surface area contributed by atoms with Crippen LogP contribution < -0.4 is 5.32 Å². The molecule has 0 unspecified atom stereocenters. The van der Waals surface area contributed by atoms with Crippen LogP contribution in [-0.4, -0.2) is 24.0 Å². The number of carbonyl (C=O) groups is 1.